The van der Waals surface area contributed by atoms with Gasteiger partial charge in [0.15, 0.2) is 0 Å². The summed E-state index contributed by atoms with van der Waals surface area (Å²) in [7, 11) is 2.13. The lowest BCUT2D eigenvalue weighted by atomic mass is 10.0. The van der Waals surface area contributed by atoms with Crippen LogP contribution in [0.3, 0.4) is 0 Å². The minimum absolute atomic E-state index is 0.0711. The van der Waals surface area contributed by atoms with E-state index in [0.29, 0.717) is 0 Å². The summed E-state index contributed by atoms with van der Waals surface area (Å²) in [4.78, 5) is 16.7. The largest absolute Gasteiger partial charge is 0.387 e. The third-order valence-corrected chi connectivity index (χ3v) is 4.59. The van der Waals surface area contributed by atoms with Crippen LogP contribution in [0, 0.1) is 13.8 Å². The van der Waals surface area contributed by atoms with Crippen LogP contribution in [0.15, 0.2) is 18.2 Å². The number of carbonyl (C=O) groups excluding carboxylic acids is 1. The standard InChI is InChI=1S/C19H32N4O2/c1-14-9-15(2)11-17(10-14)18(24)12-20-19(25)21-16(3)13-23-7-5-22(4)6-8-23/h9-11,16,18,24H,5-8,12-13H2,1-4H3,(H2,20,21,25). The number of nitrogens with zero attached hydrogens (tertiary/aromatic N) is 2. The van der Waals surface area contributed by atoms with E-state index in [-0.39, 0.29) is 18.6 Å². The number of likely N-dealkylation sites (N-methyl/N-ethyl adjacent to an activating group) is 1. The molecule has 1 heterocycles. The van der Waals surface area contributed by atoms with Crippen molar-refractivity contribution in [2.45, 2.75) is 32.9 Å². The van der Waals surface area contributed by atoms with Gasteiger partial charge in [-0.1, -0.05) is 29.3 Å². The first kappa shape index (κ1) is 19.7. The zero-order valence-corrected chi connectivity index (χ0v) is 15.9. The molecule has 0 bridgehead atoms. The molecule has 1 aromatic rings. The van der Waals surface area contributed by atoms with Crippen LogP contribution in [-0.2, 0) is 0 Å². The molecule has 1 aromatic carbocycles. The predicted octanol–water partition coefficient (Wildman–Crippen LogP) is 1.27. The number of rotatable bonds is 6. The normalized spacial score (nSPS) is 18.6. The van der Waals surface area contributed by atoms with E-state index < -0.39 is 6.10 Å². The van der Waals surface area contributed by atoms with Gasteiger partial charge in [0.25, 0.3) is 0 Å². The molecular weight excluding hydrogens is 316 g/mol. The zero-order chi connectivity index (χ0) is 18.4. The van der Waals surface area contributed by atoms with Crippen LogP contribution in [0.4, 0.5) is 4.79 Å². The highest BCUT2D eigenvalue weighted by Crippen LogP contribution is 2.16. The summed E-state index contributed by atoms with van der Waals surface area (Å²) in [6, 6.07) is 5.81. The second-order valence-electron chi connectivity index (χ2n) is 7.30. The number of urea groups is 1. The van der Waals surface area contributed by atoms with Crippen LogP contribution >= 0.6 is 0 Å². The molecule has 140 valence electrons. The first-order chi connectivity index (χ1) is 11.8. The van der Waals surface area contributed by atoms with E-state index in [0.717, 1.165) is 49.4 Å². The van der Waals surface area contributed by atoms with Gasteiger partial charge in [-0.3, -0.25) is 4.90 Å². The van der Waals surface area contributed by atoms with Crippen molar-refractivity contribution in [3.8, 4) is 0 Å². The van der Waals surface area contributed by atoms with Crippen LogP contribution in [0.25, 0.3) is 0 Å². The fourth-order valence-electron chi connectivity index (χ4n) is 3.25. The molecule has 0 radical (unpaired) electrons. The molecule has 2 unspecified atom stereocenters. The average Bonchev–Trinajstić information content (AvgIpc) is 2.53. The molecule has 0 spiro atoms. The maximum absolute atomic E-state index is 12.1. The minimum Gasteiger partial charge on any atom is -0.387 e. The van der Waals surface area contributed by atoms with Crippen molar-refractivity contribution < 1.29 is 9.90 Å². The topological polar surface area (TPSA) is 67.8 Å². The number of aryl methyl sites for hydroxylation is 2. The van der Waals surface area contributed by atoms with Crippen LogP contribution in [0.1, 0.15) is 29.7 Å². The molecule has 6 heteroatoms. The Labute approximate surface area is 151 Å². The first-order valence-electron chi connectivity index (χ1n) is 9.05. The highest BCUT2D eigenvalue weighted by atomic mass is 16.3. The summed E-state index contributed by atoms with van der Waals surface area (Å²) in [5.41, 5.74) is 3.06. The van der Waals surface area contributed by atoms with Crippen LogP contribution in [0.2, 0.25) is 0 Å². The number of benzene rings is 1. The Morgan fingerprint density at radius 1 is 1.16 bits per heavy atom. The fraction of sp³-hybridized carbons (Fsp3) is 0.632. The minimum atomic E-state index is -0.697. The van der Waals surface area contributed by atoms with E-state index in [1.807, 2.05) is 32.9 Å². The van der Waals surface area contributed by atoms with Crippen molar-refractivity contribution in [3.05, 3.63) is 34.9 Å². The van der Waals surface area contributed by atoms with Gasteiger partial charge >= 0.3 is 6.03 Å². The third kappa shape index (κ3) is 6.65. The molecule has 25 heavy (non-hydrogen) atoms. The lowest BCUT2D eigenvalue weighted by molar-refractivity contribution is 0.143. The molecule has 2 amide bonds. The van der Waals surface area contributed by atoms with Gasteiger partial charge < -0.3 is 20.6 Å². The SMILES string of the molecule is Cc1cc(C)cc(C(O)CNC(=O)NC(C)CN2CCN(C)CC2)c1. The second kappa shape index (κ2) is 9.17. The maximum atomic E-state index is 12.1. The summed E-state index contributed by atoms with van der Waals surface area (Å²) < 4.78 is 0. The summed E-state index contributed by atoms with van der Waals surface area (Å²) in [6.45, 7) is 11.3. The molecule has 0 aromatic heterocycles. The predicted molar refractivity (Wildman–Crippen MR) is 101 cm³/mol. The van der Waals surface area contributed by atoms with Crippen molar-refractivity contribution in [3.63, 3.8) is 0 Å². The molecule has 0 aliphatic carbocycles. The van der Waals surface area contributed by atoms with E-state index in [4.69, 9.17) is 0 Å². The Kier molecular flexibility index (Phi) is 7.23. The van der Waals surface area contributed by atoms with Crippen molar-refractivity contribution in [2.75, 3.05) is 46.3 Å². The molecule has 2 atom stereocenters. The van der Waals surface area contributed by atoms with Crippen molar-refractivity contribution in [1.29, 1.82) is 0 Å². The van der Waals surface area contributed by atoms with E-state index in [1.165, 1.54) is 0 Å². The van der Waals surface area contributed by atoms with Gasteiger partial charge in [-0.25, -0.2) is 4.79 Å². The molecule has 0 saturated carbocycles. The highest BCUT2D eigenvalue weighted by Gasteiger charge is 2.17. The van der Waals surface area contributed by atoms with Gasteiger partial charge in [0.2, 0.25) is 0 Å². The van der Waals surface area contributed by atoms with Gasteiger partial charge in [-0.05, 0) is 33.4 Å². The molecule has 1 aliphatic heterocycles. The van der Waals surface area contributed by atoms with E-state index in [2.05, 4.69) is 33.5 Å². The average molecular weight is 348 g/mol. The van der Waals surface area contributed by atoms with Gasteiger partial charge in [-0.2, -0.15) is 0 Å². The van der Waals surface area contributed by atoms with Crippen LogP contribution in [-0.4, -0.2) is 73.3 Å². The number of carbonyl (C=O) groups is 1. The molecular formula is C19H32N4O2. The molecule has 1 fully saturated rings. The number of aliphatic hydroxyl groups is 1. The Morgan fingerprint density at radius 3 is 2.36 bits per heavy atom. The van der Waals surface area contributed by atoms with Crippen molar-refractivity contribution in [1.82, 2.24) is 20.4 Å². The summed E-state index contributed by atoms with van der Waals surface area (Å²) in [5, 5.41) is 16.0. The Hall–Kier alpha value is -1.63. The number of nitrogens with one attached hydrogen (secondary N) is 2. The van der Waals surface area contributed by atoms with Gasteiger partial charge in [0, 0.05) is 45.3 Å². The third-order valence-electron chi connectivity index (χ3n) is 4.59. The quantitative estimate of drug-likeness (QED) is 0.724. The Bertz CT molecular complexity index is 550. The Balaban J connectivity index is 1.72. The molecule has 6 nitrogen and oxygen atoms in total. The smallest absolute Gasteiger partial charge is 0.315 e. The highest BCUT2D eigenvalue weighted by molar-refractivity contribution is 5.74. The number of piperazine rings is 1. The summed E-state index contributed by atoms with van der Waals surface area (Å²) in [5.74, 6) is 0. The summed E-state index contributed by atoms with van der Waals surface area (Å²) >= 11 is 0. The van der Waals surface area contributed by atoms with Crippen LogP contribution < -0.4 is 10.6 Å². The number of hydrogen-bond donors (Lipinski definition) is 3. The first-order valence-corrected chi connectivity index (χ1v) is 9.05. The van der Waals surface area contributed by atoms with Gasteiger partial charge in [0.05, 0.1) is 6.10 Å². The lowest BCUT2D eigenvalue weighted by Gasteiger charge is -2.34. The van der Waals surface area contributed by atoms with Crippen molar-refractivity contribution >= 4 is 6.03 Å². The molecule has 3 N–H and O–H groups in total. The van der Waals surface area contributed by atoms with E-state index in [1.54, 1.807) is 0 Å². The maximum Gasteiger partial charge on any atom is 0.315 e. The number of amides is 2. The van der Waals surface area contributed by atoms with Crippen LogP contribution in [0.5, 0.6) is 0 Å². The molecule has 1 aliphatic rings. The lowest BCUT2D eigenvalue weighted by Crippen LogP contribution is -2.51. The van der Waals surface area contributed by atoms with E-state index >= 15 is 0 Å². The number of hydrogen-bond acceptors (Lipinski definition) is 4. The van der Waals surface area contributed by atoms with Gasteiger partial charge in [-0.15, -0.1) is 0 Å². The Morgan fingerprint density at radius 2 is 1.76 bits per heavy atom. The zero-order valence-electron chi connectivity index (χ0n) is 15.9. The van der Waals surface area contributed by atoms with Gasteiger partial charge in [0.1, 0.15) is 0 Å². The van der Waals surface area contributed by atoms with Crippen molar-refractivity contribution in [2.24, 2.45) is 0 Å². The molecule has 2 rings (SSSR count). The summed E-state index contributed by atoms with van der Waals surface area (Å²) in [6.07, 6.45) is -0.697. The monoisotopic (exact) mass is 348 g/mol. The molecule has 1 saturated heterocycles. The number of aliphatic hydroxyl groups excluding tert-OH is 1. The van der Waals surface area contributed by atoms with E-state index in [9.17, 15) is 9.90 Å². The fourth-order valence-corrected chi connectivity index (χ4v) is 3.25. The second-order valence-corrected chi connectivity index (χ2v) is 7.30.